The van der Waals surface area contributed by atoms with Crippen molar-refractivity contribution in [2.24, 2.45) is 0 Å². The van der Waals surface area contributed by atoms with Crippen LogP contribution in [0.5, 0.6) is 0 Å². The molecule has 0 amide bonds. The first-order valence-corrected chi connectivity index (χ1v) is 9.04. The van der Waals surface area contributed by atoms with E-state index in [4.69, 9.17) is 5.11 Å². The minimum atomic E-state index is -0.814. The lowest BCUT2D eigenvalue weighted by Gasteiger charge is -2.07. The zero-order valence-electron chi connectivity index (χ0n) is 14.7. The molecule has 25 heavy (non-hydrogen) atoms. The number of benzene rings is 2. The van der Waals surface area contributed by atoms with Crippen molar-refractivity contribution in [3.05, 3.63) is 60.2 Å². The van der Waals surface area contributed by atoms with Crippen LogP contribution in [-0.4, -0.2) is 15.6 Å². The van der Waals surface area contributed by atoms with E-state index in [2.05, 4.69) is 53.1 Å². The van der Waals surface area contributed by atoms with Crippen LogP contribution in [0.1, 0.15) is 39.0 Å². The molecule has 0 aliphatic carbocycles. The van der Waals surface area contributed by atoms with Crippen molar-refractivity contribution in [1.82, 2.24) is 4.57 Å². The number of allylic oxidation sites excluding steroid dienone is 1. The van der Waals surface area contributed by atoms with Gasteiger partial charge in [-0.1, -0.05) is 55.3 Å². The summed E-state index contributed by atoms with van der Waals surface area (Å²) in [6, 6.07) is 17.2. The topological polar surface area (TPSA) is 42.2 Å². The molecule has 130 valence electrons. The van der Waals surface area contributed by atoms with Crippen LogP contribution in [0, 0.1) is 0 Å². The smallest absolute Gasteiger partial charge is 0.330 e. The number of hydrogen-bond donors (Lipinski definition) is 1. The van der Waals surface area contributed by atoms with Crippen LogP contribution in [0.2, 0.25) is 0 Å². The second-order valence-electron chi connectivity index (χ2n) is 6.58. The SMILES string of the molecule is C/C(=C\CCCCCCn1c2ccccc2c2ccccc21)C(=O)O. The van der Waals surface area contributed by atoms with Gasteiger partial charge in [0.25, 0.3) is 0 Å². The molecule has 0 saturated heterocycles. The maximum atomic E-state index is 10.7. The Morgan fingerprint density at radius 1 is 0.920 bits per heavy atom. The van der Waals surface area contributed by atoms with E-state index in [-0.39, 0.29) is 0 Å². The molecule has 2 aromatic carbocycles. The molecule has 3 nitrogen and oxygen atoms in total. The predicted molar refractivity (Wildman–Crippen MR) is 104 cm³/mol. The van der Waals surface area contributed by atoms with Crippen LogP contribution < -0.4 is 0 Å². The third-order valence-electron chi connectivity index (χ3n) is 4.80. The molecule has 3 aromatic rings. The Morgan fingerprint density at radius 2 is 1.48 bits per heavy atom. The maximum absolute atomic E-state index is 10.7. The zero-order chi connectivity index (χ0) is 17.6. The Kier molecular flexibility index (Phi) is 5.54. The van der Waals surface area contributed by atoms with Crippen molar-refractivity contribution in [2.75, 3.05) is 0 Å². The van der Waals surface area contributed by atoms with Crippen molar-refractivity contribution in [3.63, 3.8) is 0 Å². The number of unbranched alkanes of at least 4 members (excludes halogenated alkanes) is 4. The van der Waals surface area contributed by atoms with Gasteiger partial charge in [-0.25, -0.2) is 4.79 Å². The second kappa shape index (κ2) is 8.02. The summed E-state index contributed by atoms with van der Waals surface area (Å²) in [7, 11) is 0. The summed E-state index contributed by atoms with van der Waals surface area (Å²) in [5.41, 5.74) is 3.07. The number of aromatic nitrogens is 1. The Morgan fingerprint density at radius 3 is 2.08 bits per heavy atom. The van der Waals surface area contributed by atoms with Gasteiger partial charge in [0.1, 0.15) is 0 Å². The molecular formula is C22H25NO2. The standard InChI is InChI=1S/C22H25NO2/c1-17(22(24)25)11-5-3-2-4-10-16-23-20-14-8-6-12-18(20)19-13-7-9-15-21(19)23/h6-9,11-15H,2-5,10,16H2,1H3,(H,24,25)/b17-11+. The first kappa shape index (κ1) is 17.3. The molecule has 1 N–H and O–H groups in total. The Labute approximate surface area is 148 Å². The highest BCUT2D eigenvalue weighted by Crippen LogP contribution is 2.29. The minimum Gasteiger partial charge on any atom is -0.478 e. The predicted octanol–water partition coefficient (Wildman–Crippen LogP) is 5.78. The van der Waals surface area contributed by atoms with Crippen molar-refractivity contribution < 1.29 is 9.90 Å². The molecule has 0 atom stereocenters. The lowest BCUT2D eigenvalue weighted by atomic mass is 10.1. The average Bonchev–Trinajstić information content (AvgIpc) is 2.95. The molecule has 1 aromatic heterocycles. The molecule has 3 heteroatoms. The second-order valence-corrected chi connectivity index (χ2v) is 6.58. The monoisotopic (exact) mass is 335 g/mol. The number of carboxylic acids is 1. The number of hydrogen-bond acceptors (Lipinski definition) is 1. The fraction of sp³-hybridized carbons (Fsp3) is 0.318. The molecule has 0 spiro atoms. The van der Waals surface area contributed by atoms with Gasteiger partial charge >= 0.3 is 5.97 Å². The summed E-state index contributed by atoms with van der Waals surface area (Å²) in [4.78, 5) is 10.7. The first-order chi connectivity index (χ1) is 12.2. The third-order valence-corrected chi connectivity index (χ3v) is 4.80. The van der Waals surface area contributed by atoms with Gasteiger partial charge in [-0.05, 0) is 38.3 Å². The van der Waals surface area contributed by atoms with E-state index in [1.165, 1.54) is 28.2 Å². The van der Waals surface area contributed by atoms with E-state index in [1.807, 2.05) is 6.08 Å². The summed E-state index contributed by atoms with van der Waals surface area (Å²) in [5.74, 6) is -0.814. The van der Waals surface area contributed by atoms with E-state index in [0.29, 0.717) is 5.57 Å². The number of rotatable bonds is 8. The van der Waals surface area contributed by atoms with Gasteiger partial charge in [0.05, 0.1) is 0 Å². The molecule has 0 fully saturated rings. The number of aliphatic carboxylic acids is 1. The molecule has 0 unspecified atom stereocenters. The summed E-state index contributed by atoms with van der Waals surface area (Å²) in [6.45, 7) is 2.68. The Balaban J connectivity index is 1.58. The fourth-order valence-corrected chi connectivity index (χ4v) is 3.42. The van der Waals surface area contributed by atoms with Gasteiger partial charge in [0.15, 0.2) is 0 Å². The molecule has 0 bridgehead atoms. The average molecular weight is 335 g/mol. The van der Waals surface area contributed by atoms with Crippen LogP contribution >= 0.6 is 0 Å². The highest BCUT2D eigenvalue weighted by Gasteiger charge is 2.08. The summed E-state index contributed by atoms with van der Waals surface area (Å²) < 4.78 is 2.43. The number of fused-ring (bicyclic) bond motifs is 3. The number of nitrogens with zero attached hydrogens (tertiary/aromatic N) is 1. The third kappa shape index (κ3) is 3.93. The van der Waals surface area contributed by atoms with Crippen molar-refractivity contribution in [3.8, 4) is 0 Å². The number of para-hydroxylation sites is 2. The van der Waals surface area contributed by atoms with E-state index in [0.717, 1.165) is 32.2 Å². The Bertz CT molecular complexity index is 851. The lowest BCUT2D eigenvalue weighted by molar-refractivity contribution is -0.132. The molecule has 3 rings (SSSR count). The summed E-state index contributed by atoms with van der Waals surface area (Å²) >= 11 is 0. The molecule has 0 aliphatic rings. The van der Waals surface area contributed by atoms with Crippen molar-refractivity contribution in [1.29, 1.82) is 0 Å². The van der Waals surface area contributed by atoms with Gasteiger partial charge in [-0.3, -0.25) is 0 Å². The zero-order valence-corrected chi connectivity index (χ0v) is 14.7. The number of carbonyl (C=O) groups is 1. The van der Waals surface area contributed by atoms with E-state index >= 15 is 0 Å². The molecular weight excluding hydrogens is 310 g/mol. The van der Waals surface area contributed by atoms with Crippen molar-refractivity contribution >= 4 is 27.8 Å². The quantitative estimate of drug-likeness (QED) is 0.419. The maximum Gasteiger partial charge on any atom is 0.330 e. The van der Waals surface area contributed by atoms with Crippen LogP contribution in [0.3, 0.4) is 0 Å². The van der Waals surface area contributed by atoms with E-state index < -0.39 is 5.97 Å². The first-order valence-electron chi connectivity index (χ1n) is 9.04. The van der Waals surface area contributed by atoms with Gasteiger partial charge in [-0.15, -0.1) is 0 Å². The fourth-order valence-electron chi connectivity index (χ4n) is 3.42. The summed E-state index contributed by atoms with van der Waals surface area (Å²) in [6.07, 6.45) is 7.19. The van der Waals surface area contributed by atoms with Crippen LogP contribution in [0.15, 0.2) is 60.2 Å². The molecule has 0 saturated carbocycles. The normalized spacial score (nSPS) is 12.1. The largest absolute Gasteiger partial charge is 0.478 e. The van der Waals surface area contributed by atoms with Gasteiger partial charge in [0.2, 0.25) is 0 Å². The minimum absolute atomic E-state index is 0.449. The molecule has 1 heterocycles. The van der Waals surface area contributed by atoms with E-state index in [1.54, 1.807) is 6.92 Å². The highest BCUT2D eigenvalue weighted by molar-refractivity contribution is 6.07. The van der Waals surface area contributed by atoms with Crippen molar-refractivity contribution in [2.45, 2.75) is 45.6 Å². The molecule has 0 aliphatic heterocycles. The lowest BCUT2D eigenvalue weighted by Crippen LogP contribution is -1.97. The van der Waals surface area contributed by atoms with Crippen LogP contribution in [0.4, 0.5) is 0 Å². The molecule has 0 radical (unpaired) electrons. The Hall–Kier alpha value is -2.55. The van der Waals surface area contributed by atoms with E-state index in [9.17, 15) is 4.79 Å². The number of aryl methyl sites for hydroxylation is 1. The van der Waals surface area contributed by atoms with Crippen LogP contribution in [-0.2, 0) is 11.3 Å². The van der Waals surface area contributed by atoms with Crippen LogP contribution in [0.25, 0.3) is 21.8 Å². The summed E-state index contributed by atoms with van der Waals surface area (Å²) in [5, 5.41) is 11.5. The number of carboxylic acid groups (broad SMARTS) is 1. The van der Waals surface area contributed by atoms with Gasteiger partial charge < -0.3 is 9.67 Å². The highest BCUT2D eigenvalue weighted by atomic mass is 16.4. The van der Waals surface area contributed by atoms with Gasteiger partial charge in [0, 0.05) is 33.9 Å². The van der Waals surface area contributed by atoms with Gasteiger partial charge in [-0.2, -0.15) is 0 Å².